The number of amides is 2. The van der Waals surface area contributed by atoms with Crippen LogP contribution in [0.5, 0.6) is 5.75 Å². The Bertz CT molecular complexity index is 1540. The van der Waals surface area contributed by atoms with Gasteiger partial charge in [0, 0.05) is 41.9 Å². The highest BCUT2D eigenvalue weighted by Gasteiger charge is 2.42. The minimum Gasteiger partial charge on any atom is -0.496 e. The molecule has 2 atom stereocenters. The van der Waals surface area contributed by atoms with Crippen LogP contribution in [0.3, 0.4) is 0 Å². The summed E-state index contributed by atoms with van der Waals surface area (Å²) < 4.78 is 7.92. The van der Waals surface area contributed by atoms with E-state index in [9.17, 15) is 9.59 Å². The highest BCUT2D eigenvalue weighted by molar-refractivity contribution is 6.00. The van der Waals surface area contributed by atoms with Crippen LogP contribution in [0.25, 0.3) is 11.4 Å². The van der Waals surface area contributed by atoms with Gasteiger partial charge >= 0.3 is 0 Å². The molecule has 8 heteroatoms. The number of nitrogens with one attached hydrogen (secondary N) is 1. The van der Waals surface area contributed by atoms with E-state index >= 15 is 0 Å². The molecule has 0 aliphatic carbocycles. The molecule has 1 fully saturated rings. The summed E-state index contributed by atoms with van der Waals surface area (Å²) in [6.07, 6.45) is 5.17. The summed E-state index contributed by atoms with van der Waals surface area (Å²) in [4.78, 5) is 29.1. The standard InChI is InChI=1S/C33H35N5O3/c1-22-11-17-25(18-12-22)38-30(39)20-19-27(31(38)26-8-5-6-9-28(26)41-2)33(40)34-24-15-13-23(14-16-24)32-36-35-29-10-4-3-7-21-37(29)32/h5-6,8-9,11-18,27,31H,3-4,7,10,19-21H2,1-2H3,(H,34,40)/t27-,31-/m0/s1. The number of nitrogens with zero attached hydrogens (tertiary/aromatic N) is 4. The molecule has 3 aromatic carbocycles. The number of carbonyl (C=O) groups excluding carboxylic acids is 2. The predicted molar refractivity (Wildman–Crippen MR) is 159 cm³/mol. The molecule has 2 aliphatic rings. The molecule has 0 spiro atoms. The average Bonchev–Trinajstić information content (AvgIpc) is 3.25. The second kappa shape index (κ2) is 11.6. The van der Waals surface area contributed by atoms with Crippen molar-refractivity contribution in [2.45, 2.75) is 58.0 Å². The summed E-state index contributed by atoms with van der Waals surface area (Å²) in [5.74, 6) is 1.95. The lowest BCUT2D eigenvalue weighted by molar-refractivity contribution is -0.125. The molecule has 8 nitrogen and oxygen atoms in total. The molecule has 1 N–H and O–H groups in total. The van der Waals surface area contributed by atoms with Crippen LogP contribution < -0.4 is 15.0 Å². The normalized spacial score (nSPS) is 18.9. The van der Waals surface area contributed by atoms with Gasteiger partial charge in [-0.25, -0.2) is 0 Å². The minimum absolute atomic E-state index is 0.00870. The maximum absolute atomic E-state index is 13.9. The van der Waals surface area contributed by atoms with Crippen molar-refractivity contribution in [3.05, 3.63) is 89.7 Å². The number of anilines is 2. The summed E-state index contributed by atoms with van der Waals surface area (Å²) in [5, 5.41) is 12.0. The Morgan fingerprint density at radius 2 is 1.71 bits per heavy atom. The molecule has 0 unspecified atom stereocenters. The van der Waals surface area contributed by atoms with Gasteiger partial charge in [-0.2, -0.15) is 0 Å². The van der Waals surface area contributed by atoms with Crippen LogP contribution >= 0.6 is 0 Å². The molecule has 210 valence electrons. The third-order valence-corrected chi connectivity index (χ3v) is 8.22. The Morgan fingerprint density at radius 3 is 2.49 bits per heavy atom. The Kier molecular flexibility index (Phi) is 7.55. The number of hydrogen-bond acceptors (Lipinski definition) is 5. The van der Waals surface area contributed by atoms with Crippen LogP contribution in [0.1, 0.15) is 55.1 Å². The second-order valence-electron chi connectivity index (χ2n) is 10.9. The number of benzene rings is 3. The van der Waals surface area contributed by atoms with Crippen molar-refractivity contribution in [1.29, 1.82) is 0 Å². The average molecular weight is 550 g/mol. The van der Waals surface area contributed by atoms with Crippen LogP contribution in [0.2, 0.25) is 0 Å². The van der Waals surface area contributed by atoms with E-state index in [1.54, 1.807) is 12.0 Å². The first-order valence-electron chi connectivity index (χ1n) is 14.4. The SMILES string of the molecule is COc1ccccc1[C@H]1[C@@H](C(=O)Nc2ccc(-c3nnc4n3CCCCC4)cc2)CCC(=O)N1c1ccc(C)cc1. The third kappa shape index (κ3) is 5.34. The summed E-state index contributed by atoms with van der Waals surface area (Å²) in [6, 6.07) is 22.8. The predicted octanol–water partition coefficient (Wildman–Crippen LogP) is 6.11. The lowest BCUT2D eigenvalue weighted by atomic mass is 9.82. The van der Waals surface area contributed by atoms with Crippen molar-refractivity contribution >= 4 is 23.2 Å². The van der Waals surface area contributed by atoms with Crippen molar-refractivity contribution in [2.75, 3.05) is 17.3 Å². The number of ether oxygens (including phenoxy) is 1. The smallest absolute Gasteiger partial charge is 0.229 e. The monoisotopic (exact) mass is 549 g/mol. The van der Waals surface area contributed by atoms with E-state index in [1.807, 2.05) is 79.7 Å². The number of para-hydroxylation sites is 1. The fourth-order valence-corrected chi connectivity index (χ4v) is 6.08. The molecule has 41 heavy (non-hydrogen) atoms. The first kappa shape index (κ1) is 26.7. The zero-order chi connectivity index (χ0) is 28.3. The van der Waals surface area contributed by atoms with Crippen LogP contribution in [0, 0.1) is 12.8 Å². The largest absolute Gasteiger partial charge is 0.496 e. The Labute approximate surface area is 240 Å². The summed E-state index contributed by atoms with van der Waals surface area (Å²) >= 11 is 0. The molecule has 1 aromatic heterocycles. The van der Waals surface area contributed by atoms with E-state index in [-0.39, 0.29) is 18.2 Å². The molecule has 1 saturated heterocycles. The lowest BCUT2D eigenvalue weighted by Crippen LogP contribution is -2.47. The summed E-state index contributed by atoms with van der Waals surface area (Å²) in [7, 11) is 1.62. The first-order valence-corrected chi connectivity index (χ1v) is 14.4. The van der Waals surface area contributed by atoms with Crippen molar-refractivity contribution in [3.63, 3.8) is 0 Å². The van der Waals surface area contributed by atoms with Gasteiger partial charge in [0.2, 0.25) is 11.8 Å². The van der Waals surface area contributed by atoms with Crippen molar-refractivity contribution in [1.82, 2.24) is 14.8 Å². The molecule has 6 rings (SSSR count). The van der Waals surface area contributed by atoms with E-state index in [4.69, 9.17) is 4.74 Å². The highest BCUT2D eigenvalue weighted by Crippen LogP contribution is 2.43. The van der Waals surface area contributed by atoms with Gasteiger partial charge in [0.1, 0.15) is 11.6 Å². The number of hydrogen-bond donors (Lipinski definition) is 1. The number of carbonyl (C=O) groups is 2. The zero-order valence-corrected chi connectivity index (χ0v) is 23.5. The molecule has 0 saturated carbocycles. The van der Waals surface area contributed by atoms with E-state index < -0.39 is 12.0 Å². The maximum Gasteiger partial charge on any atom is 0.229 e. The molecular formula is C33H35N5O3. The fourth-order valence-electron chi connectivity index (χ4n) is 6.08. The zero-order valence-electron chi connectivity index (χ0n) is 23.5. The molecule has 0 radical (unpaired) electrons. The Hall–Kier alpha value is -4.46. The summed E-state index contributed by atoms with van der Waals surface area (Å²) in [6.45, 7) is 2.94. The van der Waals surface area contributed by atoms with E-state index in [2.05, 4.69) is 20.1 Å². The quantitative estimate of drug-likeness (QED) is 0.313. The molecule has 2 amide bonds. The van der Waals surface area contributed by atoms with Gasteiger partial charge in [0.25, 0.3) is 0 Å². The summed E-state index contributed by atoms with van der Waals surface area (Å²) in [5.41, 5.74) is 4.36. The van der Waals surface area contributed by atoms with Crippen LogP contribution in [0.4, 0.5) is 11.4 Å². The first-order chi connectivity index (χ1) is 20.0. The van der Waals surface area contributed by atoms with Gasteiger partial charge in [-0.15, -0.1) is 10.2 Å². The van der Waals surface area contributed by atoms with Gasteiger partial charge in [-0.1, -0.05) is 42.3 Å². The number of methoxy groups -OCH3 is 1. The van der Waals surface area contributed by atoms with E-state index in [0.29, 0.717) is 17.9 Å². The lowest BCUT2D eigenvalue weighted by Gasteiger charge is -2.41. The minimum atomic E-state index is -0.513. The number of piperidine rings is 1. The molecular weight excluding hydrogens is 514 g/mol. The number of fused-ring (bicyclic) bond motifs is 1. The highest BCUT2D eigenvalue weighted by atomic mass is 16.5. The molecule has 2 aliphatic heterocycles. The van der Waals surface area contributed by atoms with Gasteiger partial charge in [0.15, 0.2) is 5.82 Å². The third-order valence-electron chi connectivity index (χ3n) is 8.22. The topological polar surface area (TPSA) is 89.3 Å². The Morgan fingerprint density at radius 1 is 0.927 bits per heavy atom. The van der Waals surface area contributed by atoms with E-state index in [0.717, 1.165) is 59.8 Å². The van der Waals surface area contributed by atoms with Crippen LogP contribution in [0.15, 0.2) is 72.8 Å². The van der Waals surface area contributed by atoms with Crippen molar-refractivity contribution in [2.24, 2.45) is 5.92 Å². The van der Waals surface area contributed by atoms with Gasteiger partial charge in [-0.3, -0.25) is 9.59 Å². The van der Waals surface area contributed by atoms with Gasteiger partial charge in [0.05, 0.1) is 19.1 Å². The van der Waals surface area contributed by atoms with E-state index in [1.165, 1.54) is 6.42 Å². The van der Waals surface area contributed by atoms with Gasteiger partial charge in [-0.05, 0) is 68.7 Å². The van der Waals surface area contributed by atoms with Crippen LogP contribution in [-0.4, -0.2) is 33.7 Å². The molecule has 4 aromatic rings. The van der Waals surface area contributed by atoms with Gasteiger partial charge < -0.3 is 19.5 Å². The number of aryl methyl sites for hydroxylation is 2. The number of aromatic nitrogens is 3. The molecule has 3 heterocycles. The van der Waals surface area contributed by atoms with Crippen molar-refractivity contribution in [3.8, 4) is 17.1 Å². The van der Waals surface area contributed by atoms with Crippen molar-refractivity contribution < 1.29 is 14.3 Å². The second-order valence-corrected chi connectivity index (χ2v) is 10.9. The number of rotatable bonds is 6. The Balaban J connectivity index is 1.29. The maximum atomic E-state index is 13.9. The molecule has 0 bridgehead atoms. The fraction of sp³-hybridized carbons (Fsp3) is 0.333. The van der Waals surface area contributed by atoms with Crippen LogP contribution in [-0.2, 0) is 22.6 Å².